The molecular weight excluding hydrogens is 441 g/mol. The van der Waals surface area contributed by atoms with Gasteiger partial charge in [-0.1, -0.05) is 62.2 Å². The number of rotatable bonds is 3. The average molecular weight is 458 g/mol. The van der Waals surface area contributed by atoms with Crippen LogP contribution in [0.1, 0.15) is 18.2 Å². The molecule has 1 N–H and O–H groups in total. The summed E-state index contributed by atoms with van der Waals surface area (Å²) in [7, 11) is 0. The standard InChI is InChI=1S/C18H16Br2ClNO/c1-10-13(9-15(19)18(2,20)21)17(23)16-12-6-4-3-5-11(12)7-8-14(16)22-10/h3-8,15H,9H2,1-2H3,(H,22,23). The van der Waals surface area contributed by atoms with Crippen LogP contribution in [0, 0.1) is 6.92 Å². The minimum atomic E-state index is -0.612. The smallest absolute Gasteiger partial charge is 0.193 e. The molecule has 0 radical (unpaired) electrons. The summed E-state index contributed by atoms with van der Waals surface area (Å²) in [6.45, 7) is 3.80. The maximum absolute atomic E-state index is 13.1. The normalized spacial score (nSPS) is 15.7. The van der Waals surface area contributed by atoms with Crippen molar-refractivity contribution < 1.29 is 0 Å². The molecular formula is C18H16Br2ClNO. The molecule has 0 aliphatic heterocycles. The second-order valence-electron chi connectivity index (χ2n) is 5.89. The van der Waals surface area contributed by atoms with Crippen molar-refractivity contribution in [1.82, 2.24) is 4.98 Å². The second kappa shape index (κ2) is 6.23. The lowest BCUT2D eigenvalue weighted by Gasteiger charge is -2.21. The topological polar surface area (TPSA) is 32.9 Å². The van der Waals surface area contributed by atoms with Crippen molar-refractivity contribution in [2.75, 3.05) is 0 Å². The van der Waals surface area contributed by atoms with Crippen LogP contribution in [0.4, 0.5) is 0 Å². The Bertz CT molecular complexity index is 943. The van der Waals surface area contributed by atoms with Crippen molar-refractivity contribution >= 4 is 65.1 Å². The van der Waals surface area contributed by atoms with Crippen LogP contribution >= 0.6 is 43.5 Å². The van der Waals surface area contributed by atoms with Crippen LogP contribution in [-0.4, -0.2) is 13.6 Å². The lowest BCUT2D eigenvalue weighted by atomic mass is 9.99. The van der Waals surface area contributed by atoms with Crippen LogP contribution in [0.5, 0.6) is 0 Å². The number of pyridine rings is 1. The van der Waals surface area contributed by atoms with E-state index in [4.69, 9.17) is 11.6 Å². The Hall–Kier alpha value is -0.840. The second-order valence-corrected chi connectivity index (χ2v) is 9.89. The van der Waals surface area contributed by atoms with E-state index in [2.05, 4.69) is 36.8 Å². The van der Waals surface area contributed by atoms with Crippen LogP contribution in [0.2, 0.25) is 0 Å². The summed E-state index contributed by atoms with van der Waals surface area (Å²) in [5.74, 6) is 0. The highest BCUT2D eigenvalue weighted by molar-refractivity contribution is 9.13. The van der Waals surface area contributed by atoms with Crippen molar-refractivity contribution in [3.8, 4) is 0 Å². The molecule has 1 aromatic heterocycles. The van der Waals surface area contributed by atoms with E-state index in [-0.39, 0.29) is 10.3 Å². The molecule has 0 spiro atoms. The first-order chi connectivity index (χ1) is 10.8. The minimum Gasteiger partial charge on any atom is -0.358 e. The molecule has 5 heteroatoms. The highest BCUT2D eigenvalue weighted by Gasteiger charge is 2.28. The van der Waals surface area contributed by atoms with Crippen molar-refractivity contribution in [2.24, 2.45) is 0 Å². The fraction of sp³-hybridized carbons (Fsp3) is 0.278. The fourth-order valence-corrected chi connectivity index (χ4v) is 3.39. The molecule has 3 aromatic rings. The first kappa shape index (κ1) is 17.0. The van der Waals surface area contributed by atoms with Gasteiger partial charge in [0.15, 0.2) is 5.43 Å². The van der Waals surface area contributed by atoms with Crippen LogP contribution in [0.25, 0.3) is 21.7 Å². The van der Waals surface area contributed by atoms with Gasteiger partial charge in [-0.25, -0.2) is 0 Å². The number of aryl methyl sites for hydroxylation is 1. The third-order valence-electron chi connectivity index (χ3n) is 4.14. The number of alkyl halides is 3. The Morgan fingerprint density at radius 3 is 2.65 bits per heavy atom. The average Bonchev–Trinajstić information content (AvgIpc) is 2.49. The number of fused-ring (bicyclic) bond motifs is 3. The molecule has 0 fully saturated rings. The zero-order valence-corrected chi connectivity index (χ0v) is 16.7. The zero-order valence-electron chi connectivity index (χ0n) is 12.8. The van der Waals surface area contributed by atoms with E-state index >= 15 is 0 Å². The number of hydrogen-bond acceptors (Lipinski definition) is 1. The monoisotopic (exact) mass is 455 g/mol. The SMILES string of the molecule is Cc1[nH]c2ccc3ccccc3c2c(=O)c1CC(Br)C(C)(Cl)Br. The van der Waals surface area contributed by atoms with Crippen LogP contribution < -0.4 is 5.43 Å². The zero-order chi connectivity index (χ0) is 16.8. The third-order valence-corrected chi connectivity index (χ3v) is 7.07. The molecule has 0 amide bonds. The molecule has 120 valence electrons. The number of benzene rings is 2. The molecule has 23 heavy (non-hydrogen) atoms. The van der Waals surface area contributed by atoms with Gasteiger partial charge < -0.3 is 4.98 Å². The van der Waals surface area contributed by atoms with E-state index < -0.39 is 3.78 Å². The predicted octanol–water partition coefficient (Wildman–Crippen LogP) is 5.65. The first-order valence-electron chi connectivity index (χ1n) is 7.34. The van der Waals surface area contributed by atoms with Gasteiger partial charge in [0.05, 0.1) is 10.9 Å². The number of aromatic amines is 1. The molecule has 0 aliphatic carbocycles. The van der Waals surface area contributed by atoms with Crippen LogP contribution in [-0.2, 0) is 6.42 Å². The molecule has 2 aromatic carbocycles. The summed E-state index contributed by atoms with van der Waals surface area (Å²) in [5.41, 5.74) is 2.59. The third kappa shape index (κ3) is 3.21. The molecule has 2 atom stereocenters. The van der Waals surface area contributed by atoms with E-state index in [1.165, 1.54) is 0 Å². The first-order valence-corrected chi connectivity index (χ1v) is 9.43. The molecule has 2 nitrogen and oxygen atoms in total. The van der Waals surface area contributed by atoms with Gasteiger partial charge in [0, 0.05) is 16.1 Å². The van der Waals surface area contributed by atoms with Crippen molar-refractivity contribution in [3.63, 3.8) is 0 Å². The van der Waals surface area contributed by atoms with Gasteiger partial charge in [-0.2, -0.15) is 0 Å². The van der Waals surface area contributed by atoms with E-state index in [9.17, 15) is 4.79 Å². The number of nitrogens with one attached hydrogen (secondary N) is 1. The molecule has 0 saturated carbocycles. The van der Waals surface area contributed by atoms with E-state index in [0.29, 0.717) is 6.42 Å². The summed E-state index contributed by atoms with van der Waals surface area (Å²) in [6, 6.07) is 12.0. The Morgan fingerprint density at radius 2 is 1.96 bits per heavy atom. The summed E-state index contributed by atoms with van der Waals surface area (Å²) in [5, 5.41) is 2.79. The molecule has 0 bridgehead atoms. The Balaban J connectivity index is 2.27. The van der Waals surface area contributed by atoms with Crippen molar-refractivity contribution in [2.45, 2.75) is 28.9 Å². The fourth-order valence-electron chi connectivity index (χ4n) is 2.82. The molecule has 0 saturated heterocycles. The maximum atomic E-state index is 13.1. The summed E-state index contributed by atoms with van der Waals surface area (Å²) >= 11 is 13.3. The summed E-state index contributed by atoms with van der Waals surface area (Å²) in [4.78, 5) is 16.4. The maximum Gasteiger partial charge on any atom is 0.193 e. The molecule has 3 rings (SSSR count). The van der Waals surface area contributed by atoms with Gasteiger partial charge in [-0.05, 0) is 37.1 Å². The Kier molecular flexibility index (Phi) is 4.60. The summed E-state index contributed by atoms with van der Waals surface area (Å²) < 4.78 is -0.612. The minimum absolute atomic E-state index is 0.0658. The van der Waals surface area contributed by atoms with Gasteiger partial charge in [-0.3, -0.25) is 4.79 Å². The highest BCUT2D eigenvalue weighted by Crippen LogP contribution is 2.34. The Labute approximate surface area is 156 Å². The van der Waals surface area contributed by atoms with E-state index in [0.717, 1.165) is 32.9 Å². The van der Waals surface area contributed by atoms with E-state index in [1.807, 2.05) is 50.2 Å². The van der Waals surface area contributed by atoms with Crippen LogP contribution in [0.3, 0.4) is 0 Å². The van der Waals surface area contributed by atoms with Crippen LogP contribution in [0.15, 0.2) is 41.2 Å². The van der Waals surface area contributed by atoms with E-state index in [1.54, 1.807) is 0 Å². The van der Waals surface area contributed by atoms with Gasteiger partial charge >= 0.3 is 0 Å². The molecule has 0 aliphatic rings. The summed E-state index contributed by atoms with van der Waals surface area (Å²) in [6.07, 6.45) is 0.547. The molecule has 2 unspecified atom stereocenters. The number of H-pyrrole nitrogens is 1. The largest absolute Gasteiger partial charge is 0.358 e. The lowest BCUT2D eigenvalue weighted by Crippen LogP contribution is -2.27. The number of halogens is 3. The van der Waals surface area contributed by atoms with Gasteiger partial charge in [-0.15, -0.1) is 11.6 Å². The molecule has 1 heterocycles. The number of aromatic nitrogens is 1. The van der Waals surface area contributed by atoms with Gasteiger partial charge in [0.25, 0.3) is 0 Å². The lowest BCUT2D eigenvalue weighted by molar-refractivity contribution is 0.793. The number of hydrogen-bond donors (Lipinski definition) is 1. The van der Waals surface area contributed by atoms with Crippen molar-refractivity contribution in [3.05, 3.63) is 57.9 Å². The quantitative estimate of drug-likeness (QED) is 0.400. The highest BCUT2D eigenvalue weighted by atomic mass is 79.9. The Morgan fingerprint density at radius 1 is 1.26 bits per heavy atom. The van der Waals surface area contributed by atoms with Gasteiger partial charge in [0.2, 0.25) is 0 Å². The van der Waals surface area contributed by atoms with Crippen molar-refractivity contribution in [1.29, 1.82) is 0 Å². The predicted molar refractivity (Wildman–Crippen MR) is 106 cm³/mol. The van der Waals surface area contributed by atoms with Gasteiger partial charge in [0.1, 0.15) is 3.78 Å².